The lowest BCUT2D eigenvalue weighted by Gasteiger charge is -2.40. The van der Waals surface area contributed by atoms with Crippen LogP contribution < -0.4 is 9.64 Å². The molecule has 8 heteroatoms. The van der Waals surface area contributed by atoms with E-state index in [1.165, 1.54) is 6.33 Å². The van der Waals surface area contributed by atoms with Crippen molar-refractivity contribution in [3.63, 3.8) is 0 Å². The van der Waals surface area contributed by atoms with Crippen LogP contribution in [-0.2, 0) is 9.59 Å². The Morgan fingerprint density at radius 1 is 1.20 bits per heavy atom. The average Bonchev–Trinajstić information content (AvgIpc) is 3.23. The Kier molecular flexibility index (Phi) is 3.87. The number of aromatic nitrogens is 3. The zero-order chi connectivity index (χ0) is 17.4. The molecular weight excluding hydrogens is 322 g/mol. The van der Waals surface area contributed by atoms with E-state index in [2.05, 4.69) is 10.1 Å². The van der Waals surface area contributed by atoms with Crippen molar-refractivity contribution < 1.29 is 14.3 Å². The molecule has 0 radical (unpaired) electrons. The van der Waals surface area contributed by atoms with Crippen molar-refractivity contribution in [1.82, 2.24) is 19.7 Å². The molecular formula is C17H19N5O3. The van der Waals surface area contributed by atoms with Crippen molar-refractivity contribution in [3.8, 4) is 5.75 Å². The molecule has 2 amide bonds. The highest BCUT2D eigenvalue weighted by molar-refractivity contribution is 6.00. The number of hydrogen-bond acceptors (Lipinski definition) is 5. The maximum absolute atomic E-state index is 12.6. The van der Waals surface area contributed by atoms with Crippen LogP contribution in [0.3, 0.4) is 0 Å². The molecule has 0 aliphatic carbocycles. The Morgan fingerprint density at radius 3 is 2.60 bits per heavy atom. The fraction of sp³-hybridized carbons (Fsp3) is 0.412. The fourth-order valence-corrected chi connectivity index (χ4v) is 3.35. The van der Waals surface area contributed by atoms with Gasteiger partial charge in [0, 0.05) is 31.7 Å². The second kappa shape index (κ2) is 6.19. The third kappa shape index (κ3) is 2.84. The van der Waals surface area contributed by atoms with Gasteiger partial charge in [0.15, 0.2) is 0 Å². The highest BCUT2D eigenvalue weighted by Crippen LogP contribution is 2.30. The molecule has 0 spiro atoms. The monoisotopic (exact) mass is 341 g/mol. The minimum atomic E-state index is -0.286. The molecule has 2 aliphatic rings. The minimum absolute atomic E-state index is 0.0168. The summed E-state index contributed by atoms with van der Waals surface area (Å²) in [6.07, 6.45) is 3.42. The molecule has 1 aromatic heterocycles. The van der Waals surface area contributed by atoms with Crippen LogP contribution >= 0.6 is 0 Å². The van der Waals surface area contributed by atoms with E-state index in [4.69, 9.17) is 4.74 Å². The van der Waals surface area contributed by atoms with E-state index in [0.29, 0.717) is 19.6 Å². The lowest BCUT2D eigenvalue weighted by Crippen LogP contribution is -2.53. The predicted molar refractivity (Wildman–Crippen MR) is 89.1 cm³/mol. The van der Waals surface area contributed by atoms with Crippen LogP contribution in [0.25, 0.3) is 0 Å². The molecule has 8 nitrogen and oxygen atoms in total. The van der Waals surface area contributed by atoms with E-state index in [1.807, 2.05) is 24.3 Å². The van der Waals surface area contributed by atoms with Crippen LogP contribution in [0.1, 0.15) is 12.5 Å². The highest BCUT2D eigenvalue weighted by atomic mass is 16.5. The van der Waals surface area contributed by atoms with Crippen LogP contribution in [0.15, 0.2) is 36.9 Å². The Bertz CT molecular complexity index is 768. The summed E-state index contributed by atoms with van der Waals surface area (Å²) < 4.78 is 6.91. The normalized spacial score (nSPS) is 20.7. The third-order valence-corrected chi connectivity index (χ3v) is 4.84. The number of hydrogen-bond donors (Lipinski definition) is 0. The molecule has 25 heavy (non-hydrogen) atoms. The van der Waals surface area contributed by atoms with Crippen molar-refractivity contribution >= 4 is 17.5 Å². The Labute approximate surface area is 145 Å². The zero-order valence-corrected chi connectivity index (χ0v) is 13.9. The second-order valence-corrected chi connectivity index (χ2v) is 6.38. The van der Waals surface area contributed by atoms with Crippen molar-refractivity contribution in [2.24, 2.45) is 5.92 Å². The number of amides is 2. The number of likely N-dealkylation sites (tertiary alicyclic amines) is 1. The predicted octanol–water partition coefficient (Wildman–Crippen LogP) is 0.723. The Hall–Kier alpha value is -2.90. The maximum Gasteiger partial charge on any atom is 0.228 e. The lowest BCUT2D eigenvalue weighted by molar-refractivity contribution is -0.141. The van der Waals surface area contributed by atoms with Crippen molar-refractivity contribution in [2.75, 3.05) is 31.6 Å². The summed E-state index contributed by atoms with van der Waals surface area (Å²) >= 11 is 0. The third-order valence-electron chi connectivity index (χ3n) is 4.84. The first-order valence-corrected chi connectivity index (χ1v) is 8.23. The average molecular weight is 341 g/mol. The highest BCUT2D eigenvalue weighted by Gasteiger charge is 2.41. The lowest BCUT2D eigenvalue weighted by atomic mass is 10.0. The molecule has 2 aliphatic heterocycles. The maximum atomic E-state index is 12.6. The van der Waals surface area contributed by atoms with Crippen LogP contribution in [0, 0.1) is 5.92 Å². The summed E-state index contributed by atoms with van der Waals surface area (Å²) in [6, 6.07) is 7.49. The molecule has 1 atom stereocenters. The molecule has 0 N–H and O–H groups in total. The molecule has 2 saturated heterocycles. The largest absolute Gasteiger partial charge is 0.497 e. The number of benzene rings is 1. The van der Waals surface area contributed by atoms with Crippen molar-refractivity contribution in [2.45, 2.75) is 12.5 Å². The molecule has 0 bridgehead atoms. The standard InChI is InChI=1S/C17H19N5O3/c1-25-15-4-2-13(3-5-15)21-7-12(6-16(21)23)17(24)20-8-14(9-20)22-11-18-10-19-22/h2-5,10-12,14H,6-9H2,1H3. The van der Waals surface area contributed by atoms with Crippen LogP contribution in [0.2, 0.25) is 0 Å². The second-order valence-electron chi connectivity index (χ2n) is 6.38. The topological polar surface area (TPSA) is 80.6 Å². The molecule has 1 aromatic carbocycles. The van der Waals surface area contributed by atoms with Gasteiger partial charge in [0.25, 0.3) is 0 Å². The molecule has 0 saturated carbocycles. The number of rotatable bonds is 4. The van der Waals surface area contributed by atoms with E-state index in [0.717, 1.165) is 11.4 Å². The zero-order valence-electron chi connectivity index (χ0n) is 13.9. The number of methoxy groups -OCH3 is 1. The van der Waals surface area contributed by atoms with Crippen molar-refractivity contribution in [1.29, 1.82) is 0 Å². The first kappa shape index (κ1) is 15.6. The van der Waals surface area contributed by atoms with Gasteiger partial charge in [-0.2, -0.15) is 5.10 Å². The van der Waals surface area contributed by atoms with E-state index >= 15 is 0 Å². The Balaban J connectivity index is 1.38. The van der Waals surface area contributed by atoms with Gasteiger partial charge in [0.1, 0.15) is 18.4 Å². The van der Waals surface area contributed by atoms with E-state index in [9.17, 15) is 9.59 Å². The first-order chi connectivity index (χ1) is 12.2. The van der Waals surface area contributed by atoms with Crippen molar-refractivity contribution in [3.05, 3.63) is 36.9 Å². The van der Waals surface area contributed by atoms with E-state index in [1.54, 1.807) is 27.9 Å². The summed E-state index contributed by atoms with van der Waals surface area (Å²) in [5, 5.41) is 4.10. The van der Waals surface area contributed by atoms with Gasteiger partial charge >= 0.3 is 0 Å². The quantitative estimate of drug-likeness (QED) is 0.819. The molecule has 130 valence electrons. The Morgan fingerprint density at radius 2 is 1.96 bits per heavy atom. The minimum Gasteiger partial charge on any atom is -0.497 e. The number of anilines is 1. The van der Waals surface area contributed by atoms with E-state index in [-0.39, 0.29) is 30.2 Å². The van der Waals surface area contributed by atoms with Crippen LogP contribution in [-0.4, -0.2) is 58.2 Å². The number of ether oxygens (including phenoxy) is 1. The summed E-state index contributed by atoms with van der Waals surface area (Å²) in [7, 11) is 1.60. The number of carbonyl (C=O) groups is 2. The SMILES string of the molecule is COc1ccc(N2CC(C(=O)N3CC(n4cncn4)C3)CC2=O)cc1. The van der Waals surface area contributed by atoms with Crippen LogP contribution in [0.4, 0.5) is 5.69 Å². The first-order valence-electron chi connectivity index (χ1n) is 8.23. The van der Waals surface area contributed by atoms with Gasteiger partial charge in [0.05, 0.1) is 19.1 Å². The van der Waals surface area contributed by atoms with Crippen LogP contribution in [0.5, 0.6) is 5.75 Å². The number of carbonyl (C=O) groups excluding carboxylic acids is 2. The summed E-state index contributed by atoms with van der Waals surface area (Å²) in [4.78, 5) is 32.4. The summed E-state index contributed by atoms with van der Waals surface area (Å²) in [5.41, 5.74) is 0.796. The molecule has 1 unspecified atom stereocenters. The fourth-order valence-electron chi connectivity index (χ4n) is 3.35. The molecule has 2 aromatic rings. The van der Waals surface area contributed by atoms with Gasteiger partial charge in [-0.25, -0.2) is 9.67 Å². The van der Waals surface area contributed by atoms with Gasteiger partial charge < -0.3 is 14.5 Å². The molecule has 3 heterocycles. The number of nitrogens with zero attached hydrogens (tertiary/aromatic N) is 5. The smallest absolute Gasteiger partial charge is 0.228 e. The summed E-state index contributed by atoms with van der Waals surface area (Å²) in [5.74, 6) is 0.478. The summed E-state index contributed by atoms with van der Waals surface area (Å²) in [6.45, 7) is 1.67. The van der Waals surface area contributed by atoms with Gasteiger partial charge in [-0.15, -0.1) is 0 Å². The van der Waals surface area contributed by atoms with Gasteiger partial charge in [-0.3, -0.25) is 9.59 Å². The van der Waals surface area contributed by atoms with Gasteiger partial charge in [-0.1, -0.05) is 0 Å². The molecule has 2 fully saturated rings. The molecule has 4 rings (SSSR count). The van der Waals surface area contributed by atoms with Gasteiger partial charge in [-0.05, 0) is 24.3 Å². The van der Waals surface area contributed by atoms with E-state index < -0.39 is 0 Å². The van der Waals surface area contributed by atoms with Gasteiger partial charge in [0.2, 0.25) is 11.8 Å².